The van der Waals surface area contributed by atoms with Crippen LogP contribution in [0.2, 0.25) is 5.02 Å². The predicted octanol–water partition coefficient (Wildman–Crippen LogP) is 5.94. The minimum Gasteiger partial charge on any atom is -0.494 e. The molecule has 230 valence electrons. The van der Waals surface area contributed by atoms with Crippen molar-refractivity contribution >= 4 is 39.1 Å². The normalized spacial score (nSPS) is 14.5. The van der Waals surface area contributed by atoms with Gasteiger partial charge in [-0.05, 0) is 92.9 Å². The third-order valence-electron chi connectivity index (χ3n) is 7.48. The van der Waals surface area contributed by atoms with Gasteiger partial charge in [0.05, 0.1) is 17.2 Å². The van der Waals surface area contributed by atoms with Crippen LogP contribution in [0, 0.1) is 5.82 Å². The predicted molar refractivity (Wildman–Crippen MR) is 165 cm³/mol. The molecule has 4 rings (SSSR count). The lowest BCUT2D eigenvalue weighted by molar-refractivity contribution is -0.139. The van der Waals surface area contributed by atoms with Gasteiger partial charge in [-0.25, -0.2) is 12.8 Å². The number of hydrogen-bond acceptors (Lipinski definition) is 5. The maximum atomic E-state index is 14.1. The summed E-state index contributed by atoms with van der Waals surface area (Å²) < 4.78 is 47.9. The molecule has 0 spiro atoms. The van der Waals surface area contributed by atoms with E-state index in [0.29, 0.717) is 22.9 Å². The Hall–Kier alpha value is -3.63. The van der Waals surface area contributed by atoms with Crippen LogP contribution < -0.4 is 14.4 Å². The minimum absolute atomic E-state index is 0.0334. The third-order valence-corrected chi connectivity index (χ3v) is 9.50. The molecule has 0 radical (unpaired) electrons. The summed E-state index contributed by atoms with van der Waals surface area (Å²) in [4.78, 5) is 28.7. The van der Waals surface area contributed by atoms with Gasteiger partial charge in [0.1, 0.15) is 24.2 Å². The molecule has 0 aliphatic heterocycles. The number of carbonyl (C=O) groups excluding carboxylic acids is 2. The molecule has 0 bridgehead atoms. The van der Waals surface area contributed by atoms with Gasteiger partial charge < -0.3 is 15.0 Å². The van der Waals surface area contributed by atoms with Gasteiger partial charge in [0.15, 0.2) is 0 Å². The van der Waals surface area contributed by atoms with Crippen LogP contribution in [0.5, 0.6) is 5.75 Å². The van der Waals surface area contributed by atoms with Crippen LogP contribution in [0.25, 0.3) is 0 Å². The first-order valence-corrected chi connectivity index (χ1v) is 16.3. The second kappa shape index (κ2) is 14.7. The highest BCUT2D eigenvalue weighted by Crippen LogP contribution is 2.27. The molecule has 1 atom stereocenters. The molecule has 0 saturated heterocycles. The number of halogens is 2. The largest absolute Gasteiger partial charge is 0.494 e. The molecular weight excluding hydrogens is 593 g/mol. The summed E-state index contributed by atoms with van der Waals surface area (Å²) in [6.45, 7) is 3.32. The Morgan fingerprint density at radius 2 is 1.70 bits per heavy atom. The molecule has 3 aromatic carbocycles. The van der Waals surface area contributed by atoms with E-state index in [-0.39, 0.29) is 29.1 Å². The highest BCUT2D eigenvalue weighted by atomic mass is 35.5. The molecule has 1 aliphatic carbocycles. The van der Waals surface area contributed by atoms with Gasteiger partial charge in [-0.1, -0.05) is 43.0 Å². The summed E-state index contributed by atoms with van der Waals surface area (Å²) in [5.41, 5.74) is 0.898. The second-order valence-electron chi connectivity index (χ2n) is 10.6. The van der Waals surface area contributed by atoms with Gasteiger partial charge in [0.2, 0.25) is 11.8 Å². The summed E-state index contributed by atoms with van der Waals surface area (Å²) in [5, 5.41) is 3.55. The first-order chi connectivity index (χ1) is 20.6. The highest BCUT2D eigenvalue weighted by molar-refractivity contribution is 7.92. The summed E-state index contributed by atoms with van der Waals surface area (Å²) in [6, 6.07) is 16.8. The van der Waals surface area contributed by atoms with Crippen molar-refractivity contribution in [1.82, 2.24) is 10.2 Å². The van der Waals surface area contributed by atoms with E-state index in [1.807, 2.05) is 6.92 Å². The van der Waals surface area contributed by atoms with E-state index in [2.05, 4.69) is 5.32 Å². The SMILES string of the molecule is CCOc1ccc(N(CC(=O)N(Cc2cccc(Cl)c2)[C@H](C)C(=O)NC2CCCCC2)S(=O)(=O)c2ccc(F)cc2)cc1. The minimum atomic E-state index is -4.32. The molecule has 0 unspecified atom stereocenters. The molecule has 8 nitrogen and oxygen atoms in total. The molecule has 2 amide bonds. The van der Waals surface area contributed by atoms with Crippen molar-refractivity contribution in [3.05, 3.63) is 89.2 Å². The lowest BCUT2D eigenvalue weighted by Crippen LogP contribution is -2.53. The molecule has 1 N–H and O–H groups in total. The van der Waals surface area contributed by atoms with E-state index >= 15 is 0 Å². The first-order valence-electron chi connectivity index (χ1n) is 14.4. The van der Waals surface area contributed by atoms with E-state index < -0.39 is 34.3 Å². The monoisotopic (exact) mass is 629 g/mol. The van der Waals surface area contributed by atoms with Crippen LogP contribution >= 0.6 is 11.6 Å². The number of benzene rings is 3. The highest BCUT2D eigenvalue weighted by Gasteiger charge is 2.33. The van der Waals surface area contributed by atoms with Crippen LogP contribution in [0.4, 0.5) is 10.1 Å². The van der Waals surface area contributed by atoms with Gasteiger partial charge in [-0.2, -0.15) is 0 Å². The summed E-state index contributed by atoms with van der Waals surface area (Å²) in [7, 11) is -4.32. The molecule has 1 aliphatic rings. The number of carbonyl (C=O) groups is 2. The zero-order valence-corrected chi connectivity index (χ0v) is 25.9. The number of sulfonamides is 1. The van der Waals surface area contributed by atoms with E-state index in [1.165, 1.54) is 4.90 Å². The average molecular weight is 630 g/mol. The first kappa shape index (κ1) is 32.3. The standard InChI is InChI=1S/C32H37ClFN3O5S/c1-3-42-29-16-14-28(15-17-29)37(43(40,41)30-18-12-26(34)13-19-30)22-31(38)36(21-24-8-7-9-25(33)20-24)23(2)32(39)35-27-10-5-4-6-11-27/h7-9,12-20,23,27H,3-6,10-11,21-22H2,1-2H3,(H,35,39)/t23-/m1/s1. The van der Waals surface area contributed by atoms with Crippen LogP contribution in [0.15, 0.2) is 77.7 Å². The summed E-state index contributed by atoms with van der Waals surface area (Å²) in [5.74, 6) is -0.956. The summed E-state index contributed by atoms with van der Waals surface area (Å²) >= 11 is 6.21. The maximum absolute atomic E-state index is 14.1. The van der Waals surface area contributed by atoms with Crippen LogP contribution in [0.1, 0.15) is 51.5 Å². The van der Waals surface area contributed by atoms with Gasteiger partial charge in [-0.15, -0.1) is 0 Å². The third kappa shape index (κ3) is 8.48. The van der Waals surface area contributed by atoms with E-state index in [1.54, 1.807) is 55.5 Å². The lowest BCUT2D eigenvalue weighted by atomic mass is 9.95. The molecule has 3 aromatic rings. The van der Waals surface area contributed by atoms with Crippen LogP contribution in [-0.2, 0) is 26.2 Å². The quantitative estimate of drug-likeness (QED) is 0.268. The van der Waals surface area contributed by atoms with Crippen molar-refractivity contribution < 1.29 is 27.1 Å². The van der Waals surface area contributed by atoms with Gasteiger partial charge in [0, 0.05) is 17.6 Å². The Bertz CT molecular complexity index is 1500. The Kier molecular flexibility index (Phi) is 11.0. The number of nitrogens with zero attached hydrogens (tertiary/aromatic N) is 2. The Morgan fingerprint density at radius 1 is 1.02 bits per heavy atom. The molecular formula is C32H37ClFN3O5S. The van der Waals surface area contributed by atoms with Crippen molar-refractivity contribution in [1.29, 1.82) is 0 Å². The van der Waals surface area contributed by atoms with Gasteiger partial charge in [0.25, 0.3) is 10.0 Å². The number of hydrogen-bond donors (Lipinski definition) is 1. The molecule has 43 heavy (non-hydrogen) atoms. The number of rotatable bonds is 12. The van der Waals surface area contributed by atoms with E-state index in [0.717, 1.165) is 60.7 Å². The van der Waals surface area contributed by atoms with Gasteiger partial charge >= 0.3 is 0 Å². The van der Waals surface area contributed by atoms with Crippen molar-refractivity contribution in [2.45, 2.75) is 69.5 Å². The number of anilines is 1. The maximum Gasteiger partial charge on any atom is 0.264 e. The molecule has 0 heterocycles. The van der Waals surface area contributed by atoms with Crippen molar-refractivity contribution in [3.8, 4) is 5.75 Å². The smallest absolute Gasteiger partial charge is 0.264 e. The molecule has 11 heteroatoms. The Morgan fingerprint density at radius 3 is 2.33 bits per heavy atom. The Balaban J connectivity index is 1.68. The number of ether oxygens (including phenoxy) is 1. The molecule has 0 aromatic heterocycles. The number of nitrogens with one attached hydrogen (secondary N) is 1. The zero-order valence-electron chi connectivity index (χ0n) is 24.3. The van der Waals surface area contributed by atoms with E-state index in [9.17, 15) is 22.4 Å². The average Bonchev–Trinajstić information content (AvgIpc) is 2.99. The number of amides is 2. The fraction of sp³-hybridized carbons (Fsp3) is 0.375. The van der Waals surface area contributed by atoms with Crippen molar-refractivity contribution in [2.75, 3.05) is 17.5 Å². The van der Waals surface area contributed by atoms with Crippen molar-refractivity contribution in [2.24, 2.45) is 0 Å². The fourth-order valence-electron chi connectivity index (χ4n) is 5.12. The topological polar surface area (TPSA) is 96.0 Å². The fourth-order valence-corrected chi connectivity index (χ4v) is 6.75. The van der Waals surface area contributed by atoms with Crippen molar-refractivity contribution in [3.63, 3.8) is 0 Å². The Labute approximate surface area is 257 Å². The van der Waals surface area contributed by atoms with Gasteiger partial charge in [-0.3, -0.25) is 13.9 Å². The van der Waals surface area contributed by atoms with Crippen LogP contribution in [0.3, 0.4) is 0 Å². The summed E-state index contributed by atoms with van der Waals surface area (Å²) in [6.07, 6.45) is 4.95. The van der Waals surface area contributed by atoms with Crippen LogP contribution in [-0.4, -0.2) is 50.4 Å². The zero-order chi connectivity index (χ0) is 31.0. The molecule has 1 fully saturated rings. The molecule has 1 saturated carbocycles. The van der Waals surface area contributed by atoms with E-state index in [4.69, 9.17) is 16.3 Å². The second-order valence-corrected chi connectivity index (χ2v) is 12.9. The lowest BCUT2D eigenvalue weighted by Gasteiger charge is -2.33.